The van der Waals surface area contributed by atoms with Crippen LogP contribution in [-0.2, 0) is 0 Å². The van der Waals surface area contributed by atoms with E-state index in [4.69, 9.17) is 0 Å². The normalized spacial score (nSPS) is 10.2. The molecule has 0 N–H and O–H groups in total. The van der Waals surface area contributed by atoms with Crippen LogP contribution in [0.3, 0.4) is 0 Å². The molecule has 16 heavy (non-hydrogen) atoms. The molecule has 0 aliphatic heterocycles. The van der Waals surface area contributed by atoms with Crippen molar-refractivity contribution in [1.29, 1.82) is 0 Å². The van der Waals surface area contributed by atoms with Crippen LogP contribution in [0.1, 0.15) is 15.9 Å². The van der Waals surface area contributed by atoms with E-state index in [1.54, 1.807) is 0 Å². The number of rotatable bonds is 4. The van der Waals surface area contributed by atoms with Gasteiger partial charge in [0, 0.05) is 0 Å². The third-order valence-electron chi connectivity index (χ3n) is 1.91. The zero-order valence-electron chi connectivity index (χ0n) is 8.15. The van der Waals surface area contributed by atoms with Crippen LogP contribution in [-0.4, -0.2) is 17.8 Å². The Balaban J connectivity index is 3.38. The van der Waals surface area contributed by atoms with Gasteiger partial charge in [-0.25, -0.2) is 0 Å². The monoisotopic (exact) mass is 231 g/mol. The molecule has 0 aromatic heterocycles. The van der Waals surface area contributed by atoms with Gasteiger partial charge in [-0.3, -0.25) is 14.9 Å². The SMILES string of the molecule is Cc1ccc(OC(F)F)c([N+](=O)[O-])c1C=O. The Morgan fingerprint density at radius 1 is 1.50 bits per heavy atom. The lowest BCUT2D eigenvalue weighted by Crippen LogP contribution is -2.07. The van der Waals surface area contributed by atoms with Gasteiger partial charge in [-0.1, -0.05) is 6.07 Å². The molecule has 1 rings (SSSR count). The second kappa shape index (κ2) is 4.65. The summed E-state index contributed by atoms with van der Waals surface area (Å²) in [5, 5.41) is 10.7. The smallest absolute Gasteiger partial charge is 0.387 e. The van der Waals surface area contributed by atoms with Crippen LogP contribution >= 0.6 is 0 Å². The van der Waals surface area contributed by atoms with Gasteiger partial charge in [-0.2, -0.15) is 8.78 Å². The lowest BCUT2D eigenvalue weighted by Gasteiger charge is -2.07. The maximum Gasteiger partial charge on any atom is 0.387 e. The van der Waals surface area contributed by atoms with Crippen LogP contribution in [0.4, 0.5) is 14.5 Å². The van der Waals surface area contributed by atoms with Crippen LogP contribution in [0.25, 0.3) is 0 Å². The third-order valence-corrected chi connectivity index (χ3v) is 1.91. The van der Waals surface area contributed by atoms with Crippen LogP contribution in [0.2, 0.25) is 0 Å². The molecule has 0 heterocycles. The molecular formula is C9H7F2NO4. The number of carbonyl (C=O) groups excluding carboxylic acids is 1. The molecule has 0 aliphatic carbocycles. The standard InChI is InChI=1S/C9H7F2NO4/c1-5-2-3-7(16-9(10)11)8(12(14)15)6(5)4-13/h2-4,9H,1H3. The number of nitrogens with zero attached hydrogens (tertiary/aromatic N) is 1. The highest BCUT2D eigenvalue weighted by Crippen LogP contribution is 2.32. The molecule has 0 saturated carbocycles. The minimum atomic E-state index is -3.18. The Morgan fingerprint density at radius 3 is 2.56 bits per heavy atom. The maximum atomic E-state index is 12.0. The van der Waals surface area contributed by atoms with E-state index in [1.165, 1.54) is 13.0 Å². The molecule has 1 aromatic rings. The van der Waals surface area contributed by atoms with Crippen molar-refractivity contribution in [2.24, 2.45) is 0 Å². The quantitative estimate of drug-likeness (QED) is 0.453. The highest BCUT2D eigenvalue weighted by molar-refractivity contribution is 5.85. The topological polar surface area (TPSA) is 69.4 Å². The predicted octanol–water partition coefficient (Wildman–Crippen LogP) is 2.32. The van der Waals surface area contributed by atoms with Gasteiger partial charge >= 0.3 is 12.3 Å². The number of nitro groups is 1. The molecule has 0 aliphatic rings. The first-order valence-electron chi connectivity index (χ1n) is 4.15. The summed E-state index contributed by atoms with van der Waals surface area (Å²) in [6.07, 6.45) is 0.242. The van der Waals surface area contributed by atoms with E-state index >= 15 is 0 Å². The summed E-state index contributed by atoms with van der Waals surface area (Å²) < 4.78 is 27.9. The Morgan fingerprint density at radius 2 is 2.12 bits per heavy atom. The summed E-state index contributed by atoms with van der Waals surface area (Å²) in [5.41, 5.74) is -0.679. The molecule has 86 valence electrons. The molecule has 7 heteroatoms. The number of benzene rings is 1. The fourth-order valence-corrected chi connectivity index (χ4v) is 1.22. The molecule has 0 radical (unpaired) electrons. The Hall–Kier alpha value is -2.05. The number of halogens is 2. The highest BCUT2D eigenvalue weighted by atomic mass is 19.3. The highest BCUT2D eigenvalue weighted by Gasteiger charge is 2.24. The molecule has 0 fully saturated rings. The minimum absolute atomic E-state index is 0.242. The Bertz CT molecular complexity index is 434. The summed E-state index contributed by atoms with van der Waals surface area (Å²) >= 11 is 0. The first-order chi connectivity index (χ1) is 7.47. The number of aryl methyl sites for hydroxylation is 1. The van der Waals surface area contributed by atoms with E-state index in [9.17, 15) is 23.7 Å². The number of carbonyl (C=O) groups is 1. The van der Waals surface area contributed by atoms with Crippen molar-refractivity contribution in [1.82, 2.24) is 0 Å². The van der Waals surface area contributed by atoms with Gasteiger partial charge in [0.15, 0.2) is 6.29 Å². The Kier molecular flexibility index (Phi) is 3.49. The first kappa shape index (κ1) is 12.0. The molecular weight excluding hydrogens is 224 g/mol. The second-order valence-corrected chi connectivity index (χ2v) is 2.90. The van der Waals surface area contributed by atoms with Gasteiger partial charge in [0.2, 0.25) is 5.75 Å². The van der Waals surface area contributed by atoms with Crippen molar-refractivity contribution in [3.05, 3.63) is 33.4 Å². The third kappa shape index (κ3) is 2.30. The van der Waals surface area contributed by atoms with E-state index < -0.39 is 23.0 Å². The molecule has 0 amide bonds. The van der Waals surface area contributed by atoms with Crippen molar-refractivity contribution in [2.45, 2.75) is 13.5 Å². The average molecular weight is 231 g/mol. The maximum absolute atomic E-state index is 12.0. The minimum Gasteiger partial charge on any atom is -0.427 e. The zero-order valence-corrected chi connectivity index (χ0v) is 8.15. The van der Waals surface area contributed by atoms with Gasteiger partial charge in [0.25, 0.3) is 0 Å². The summed E-state index contributed by atoms with van der Waals surface area (Å²) in [4.78, 5) is 20.4. The van der Waals surface area contributed by atoms with E-state index in [-0.39, 0.29) is 11.8 Å². The summed E-state index contributed by atoms with van der Waals surface area (Å²) in [7, 11) is 0. The number of ether oxygens (including phenoxy) is 1. The van der Waals surface area contributed by atoms with Crippen LogP contribution in [0.5, 0.6) is 5.75 Å². The van der Waals surface area contributed by atoms with Crippen molar-refractivity contribution in [3.8, 4) is 5.75 Å². The van der Waals surface area contributed by atoms with E-state index in [0.717, 1.165) is 6.07 Å². The fourth-order valence-electron chi connectivity index (χ4n) is 1.22. The molecule has 0 spiro atoms. The van der Waals surface area contributed by atoms with E-state index in [1.807, 2.05) is 0 Å². The fraction of sp³-hybridized carbons (Fsp3) is 0.222. The van der Waals surface area contributed by atoms with E-state index in [0.29, 0.717) is 5.56 Å². The number of aldehydes is 1. The summed E-state index contributed by atoms with van der Waals surface area (Å²) in [5.74, 6) is -0.618. The molecule has 0 unspecified atom stereocenters. The van der Waals surface area contributed by atoms with Crippen molar-refractivity contribution < 1.29 is 23.2 Å². The van der Waals surface area contributed by atoms with Gasteiger partial charge in [-0.15, -0.1) is 0 Å². The number of hydrogen-bond donors (Lipinski definition) is 0. The molecule has 5 nitrogen and oxygen atoms in total. The molecule has 0 saturated heterocycles. The van der Waals surface area contributed by atoms with Crippen LogP contribution < -0.4 is 4.74 Å². The van der Waals surface area contributed by atoms with Crippen molar-refractivity contribution >= 4 is 12.0 Å². The largest absolute Gasteiger partial charge is 0.427 e. The lowest BCUT2D eigenvalue weighted by molar-refractivity contribution is -0.386. The first-order valence-corrected chi connectivity index (χ1v) is 4.15. The van der Waals surface area contributed by atoms with E-state index in [2.05, 4.69) is 4.74 Å². The molecule has 0 bridgehead atoms. The van der Waals surface area contributed by atoms with Gasteiger partial charge in [-0.05, 0) is 18.6 Å². The second-order valence-electron chi connectivity index (χ2n) is 2.90. The van der Waals surface area contributed by atoms with Crippen molar-refractivity contribution in [2.75, 3.05) is 0 Å². The molecule has 1 aromatic carbocycles. The number of nitro benzene ring substituents is 1. The van der Waals surface area contributed by atoms with Gasteiger partial charge in [0.05, 0.1) is 10.5 Å². The average Bonchev–Trinajstić information content (AvgIpc) is 2.18. The van der Waals surface area contributed by atoms with Crippen LogP contribution in [0, 0.1) is 17.0 Å². The van der Waals surface area contributed by atoms with Crippen molar-refractivity contribution in [3.63, 3.8) is 0 Å². The lowest BCUT2D eigenvalue weighted by atomic mass is 10.1. The molecule has 0 atom stereocenters. The predicted molar refractivity (Wildman–Crippen MR) is 49.9 cm³/mol. The van der Waals surface area contributed by atoms with Crippen LogP contribution in [0.15, 0.2) is 12.1 Å². The Labute approximate surface area is 88.8 Å². The number of alkyl halides is 2. The summed E-state index contributed by atoms with van der Waals surface area (Å²) in [6, 6.07) is 2.33. The van der Waals surface area contributed by atoms with Gasteiger partial charge < -0.3 is 4.74 Å². The zero-order chi connectivity index (χ0) is 12.3. The van der Waals surface area contributed by atoms with Gasteiger partial charge in [0.1, 0.15) is 0 Å². The number of hydrogen-bond acceptors (Lipinski definition) is 4. The summed E-state index contributed by atoms with van der Waals surface area (Å²) in [6.45, 7) is -1.72.